The van der Waals surface area contributed by atoms with E-state index in [1.807, 2.05) is 0 Å². The van der Waals surface area contributed by atoms with E-state index in [0.717, 1.165) is 11.0 Å². The highest BCUT2D eigenvalue weighted by atomic mass is 35.5. The van der Waals surface area contributed by atoms with Crippen LogP contribution in [0.25, 0.3) is 0 Å². The molecule has 0 aliphatic rings. The number of ether oxygens (including phenoxy) is 1. The van der Waals surface area contributed by atoms with Gasteiger partial charge in [0.2, 0.25) is 5.75 Å². The van der Waals surface area contributed by atoms with Crippen LogP contribution in [0.15, 0.2) is 36.4 Å². The number of benzene rings is 2. The Hall–Kier alpha value is -2.87. The van der Waals surface area contributed by atoms with Gasteiger partial charge in [0.1, 0.15) is 11.6 Å². The summed E-state index contributed by atoms with van der Waals surface area (Å²) in [5, 5.41) is 20.9. The molecular weight excluding hydrogens is 379 g/mol. The lowest BCUT2D eigenvalue weighted by atomic mass is 10.0. The molecule has 1 amide bonds. The fourth-order valence-corrected chi connectivity index (χ4v) is 2.58. The highest BCUT2D eigenvalue weighted by Gasteiger charge is 2.30. The molecule has 0 spiro atoms. The van der Waals surface area contributed by atoms with Crippen LogP contribution in [0.5, 0.6) is 11.5 Å². The molecular formula is C18H18ClFN2O5. The van der Waals surface area contributed by atoms with E-state index in [0.29, 0.717) is 0 Å². The summed E-state index contributed by atoms with van der Waals surface area (Å²) in [5.41, 5.74) is -0.961. The van der Waals surface area contributed by atoms with E-state index in [9.17, 15) is 24.4 Å². The molecule has 0 bridgehead atoms. The van der Waals surface area contributed by atoms with Crippen molar-refractivity contribution in [3.05, 3.63) is 62.9 Å². The fraction of sp³-hybridized carbons (Fsp3) is 0.278. The molecule has 0 saturated heterocycles. The smallest absolute Gasteiger partial charge is 0.408 e. The summed E-state index contributed by atoms with van der Waals surface area (Å²) >= 11 is 5.71. The molecule has 0 unspecified atom stereocenters. The minimum atomic E-state index is -1.20. The van der Waals surface area contributed by atoms with E-state index in [-0.39, 0.29) is 34.3 Å². The zero-order chi connectivity index (χ0) is 20.4. The van der Waals surface area contributed by atoms with Gasteiger partial charge in [-0.1, -0.05) is 23.7 Å². The predicted octanol–water partition coefficient (Wildman–Crippen LogP) is 5.46. The van der Waals surface area contributed by atoms with Gasteiger partial charge >= 0.3 is 11.8 Å². The third-order valence-corrected chi connectivity index (χ3v) is 4.04. The van der Waals surface area contributed by atoms with Crippen LogP contribution in [-0.4, -0.2) is 26.6 Å². The van der Waals surface area contributed by atoms with E-state index >= 15 is 0 Å². The molecule has 2 aromatic rings. The van der Waals surface area contributed by atoms with E-state index in [1.54, 1.807) is 20.8 Å². The Labute approximate surface area is 160 Å². The Bertz CT molecular complexity index is 883. The number of carbonyl (C=O) groups is 1. The molecule has 2 aromatic carbocycles. The monoisotopic (exact) mass is 396 g/mol. The van der Waals surface area contributed by atoms with Gasteiger partial charge < -0.3 is 9.84 Å². The average Bonchev–Trinajstić information content (AvgIpc) is 2.54. The zero-order valence-corrected chi connectivity index (χ0v) is 15.7. The molecule has 0 saturated carbocycles. The number of hydrogen-bond donors (Lipinski definition) is 1. The predicted molar refractivity (Wildman–Crippen MR) is 97.9 cm³/mol. The molecule has 0 aromatic heterocycles. The van der Waals surface area contributed by atoms with Crippen molar-refractivity contribution in [3.8, 4) is 11.5 Å². The second kappa shape index (κ2) is 7.79. The maximum absolute atomic E-state index is 13.3. The molecule has 0 aliphatic carbocycles. The average molecular weight is 397 g/mol. The van der Waals surface area contributed by atoms with Crippen LogP contribution in [0.2, 0.25) is 5.02 Å². The van der Waals surface area contributed by atoms with Gasteiger partial charge in [-0.2, -0.15) is 0 Å². The van der Waals surface area contributed by atoms with Crippen LogP contribution in [0.3, 0.4) is 0 Å². The van der Waals surface area contributed by atoms with Crippen molar-refractivity contribution in [3.63, 3.8) is 0 Å². The first-order chi connectivity index (χ1) is 12.5. The lowest BCUT2D eigenvalue weighted by Gasteiger charge is -2.33. The number of hydrogen-bond acceptors (Lipinski definition) is 4. The quantitative estimate of drug-likeness (QED) is 0.535. The molecule has 144 valence electrons. The molecule has 27 heavy (non-hydrogen) atoms. The number of amides is 1. The number of nitro groups is 1. The maximum Gasteiger partial charge on any atom is 0.408 e. The van der Waals surface area contributed by atoms with Crippen molar-refractivity contribution in [2.24, 2.45) is 0 Å². The van der Waals surface area contributed by atoms with E-state index in [2.05, 4.69) is 0 Å². The summed E-state index contributed by atoms with van der Waals surface area (Å²) in [6.07, 6.45) is -1.20. The molecule has 0 fully saturated rings. The molecule has 1 N–H and O–H groups in total. The van der Waals surface area contributed by atoms with Gasteiger partial charge in [-0.3, -0.25) is 15.0 Å². The van der Waals surface area contributed by atoms with Gasteiger partial charge in [0, 0.05) is 11.6 Å². The summed E-state index contributed by atoms with van der Waals surface area (Å²) in [6.45, 7) is 4.87. The summed E-state index contributed by atoms with van der Waals surface area (Å²) in [7, 11) is 0. The summed E-state index contributed by atoms with van der Waals surface area (Å²) in [5.74, 6) is -0.624. The molecule has 0 radical (unpaired) electrons. The molecule has 2 rings (SSSR count). The maximum atomic E-state index is 13.3. The second-order valence-electron chi connectivity index (χ2n) is 6.74. The highest BCUT2D eigenvalue weighted by molar-refractivity contribution is 6.30. The van der Waals surface area contributed by atoms with Crippen LogP contribution >= 0.6 is 11.6 Å². The number of para-hydroxylation sites is 1. The minimum absolute atomic E-state index is 0.0978. The van der Waals surface area contributed by atoms with Gasteiger partial charge in [0.05, 0.1) is 22.1 Å². The summed E-state index contributed by atoms with van der Waals surface area (Å²) in [6, 6.07) is 7.93. The lowest BCUT2D eigenvalue weighted by Crippen LogP contribution is -2.44. The van der Waals surface area contributed by atoms with E-state index in [4.69, 9.17) is 16.3 Å². The van der Waals surface area contributed by atoms with Crippen molar-refractivity contribution in [2.45, 2.75) is 32.9 Å². The molecule has 7 nitrogen and oxygen atoms in total. The first-order valence-electron chi connectivity index (χ1n) is 7.90. The van der Waals surface area contributed by atoms with E-state index < -0.39 is 22.4 Å². The summed E-state index contributed by atoms with van der Waals surface area (Å²) in [4.78, 5) is 23.6. The van der Waals surface area contributed by atoms with Crippen molar-refractivity contribution in [2.75, 3.05) is 0 Å². The number of nitro benzene ring substituents is 1. The van der Waals surface area contributed by atoms with Gasteiger partial charge in [0.25, 0.3) is 0 Å². The van der Waals surface area contributed by atoms with Gasteiger partial charge in [0.15, 0.2) is 0 Å². The minimum Gasteiger partial charge on any atom is -0.465 e. The Morgan fingerprint density at radius 3 is 2.52 bits per heavy atom. The number of nitrogens with zero attached hydrogens (tertiary/aromatic N) is 2. The van der Waals surface area contributed by atoms with Gasteiger partial charge in [-0.25, -0.2) is 9.18 Å². The van der Waals surface area contributed by atoms with Gasteiger partial charge in [-0.05, 0) is 39.0 Å². The normalized spacial score (nSPS) is 11.1. The standard InChI is InChI=1S/C18H18ClFN2O5/c1-18(2,3)21(17(23)24)10-11-5-4-6-15(16(11)22(25)26)27-12-7-8-14(20)13(19)9-12/h4-9H,10H2,1-3H3,(H,23,24). The van der Waals surface area contributed by atoms with Crippen molar-refractivity contribution in [1.29, 1.82) is 0 Å². The third-order valence-electron chi connectivity index (χ3n) is 3.75. The first-order valence-corrected chi connectivity index (χ1v) is 8.28. The third kappa shape index (κ3) is 4.85. The number of rotatable bonds is 5. The number of halogens is 2. The Morgan fingerprint density at radius 2 is 2.00 bits per heavy atom. The van der Waals surface area contributed by atoms with E-state index in [1.165, 1.54) is 30.3 Å². The Kier molecular flexibility index (Phi) is 5.90. The lowest BCUT2D eigenvalue weighted by molar-refractivity contribution is -0.386. The van der Waals surface area contributed by atoms with Crippen molar-refractivity contribution >= 4 is 23.4 Å². The van der Waals surface area contributed by atoms with Crippen LogP contribution in [0.4, 0.5) is 14.9 Å². The second-order valence-corrected chi connectivity index (χ2v) is 7.15. The molecule has 0 aliphatic heterocycles. The molecule has 9 heteroatoms. The van der Waals surface area contributed by atoms with Crippen LogP contribution in [0.1, 0.15) is 26.3 Å². The largest absolute Gasteiger partial charge is 0.465 e. The van der Waals surface area contributed by atoms with Crippen LogP contribution in [-0.2, 0) is 6.54 Å². The Morgan fingerprint density at radius 1 is 1.33 bits per heavy atom. The van der Waals surface area contributed by atoms with Crippen molar-refractivity contribution in [1.82, 2.24) is 4.90 Å². The first kappa shape index (κ1) is 20.4. The zero-order valence-electron chi connectivity index (χ0n) is 14.9. The van der Waals surface area contributed by atoms with Gasteiger partial charge in [-0.15, -0.1) is 0 Å². The summed E-state index contributed by atoms with van der Waals surface area (Å²) < 4.78 is 18.8. The molecule has 0 heterocycles. The number of carboxylic acid groups (broad SMARTS) is 1. The van der Waals surface area contributed by atoms with Crippen molar-refractivity contribution < 1.29 is 24.0 Å². The fourth-order valence-electron chi connectivity index (χ4n) is 2.41. The highest BCUT2D eigenvalue weighted by Crippen LogP contribution is 2.36. The van der Waals surface area contributed by atoms with Crippen LogP contribution in [0, 0.1) is 15.9 Å². The SMILES string of the molecule is CC(C)(C)N(Cc1cccc(Oc2ccc(F)c(Cl)c2)c1[N+](=O)[O-])C(=O)O. The Balaban J connectivity index is 2.45. The van der Waals surface area contributed by atoms with Crippen LogP contribution < -0.4 is 4.74 Å². The molecule has 0 atom stereocenters. The topological polar surface area (TPSA) is 92.9 Å².